The summed E-state index contributed by atoms with van der Waals surface area (Å²) >= 11 is 0. The molecule has 0 aliphatic carbocycles. The monoisotopic (exact) mass is 300 g/mol. The average molecular weight is 300 g/mol. The molecule has 0 spiro atoms. The Bertz CT molecular complexity index is 836. The van der Waals surface area contributed by atoms with Crippen molar-refractivity contribution in [2.45, 2.75) is 4.90 Å². The van der Waals surface area contributed by atoms with Crippen LogP contribution in [-0.4, -0.2) is 29.3 Å². The number of sulfone groups is 1. The summed E-state index contributed by atoms with van der Waals surface area (Å²) in [5.41, 5.74) is 0. The minimum absolute atomic E-state index is 0.142. The molecule has 0 bridgehead atoms. The lowest BCUT2D eigenvalue weighted by atomic mass is 10.1. The van der Waals surface area contributed by atoms with E-state index in [4.69, 9.17) is 4.18 Å². The second kappa shape index (κ2) is 4.50. The first kappa shape index (κ1) is 13.8. The SMILES string of the molecule is CS(=O)(=O)Oc1c(S(C)(=O)=O)ccc2ccccc12. The number of rotatable bonds is 3. The summed E-state index contributed by atoms with van der Waals surface area (Å²) in [6, 6.07) is 9.77. The fraction of sp³-hybridized carbons (Fsp3) is 0.167. The minimum Gasteiger partial charge on any atom is -0.381 e. The lowest BCUT2D eigenvalue weighted by molar-refractivity contribution is 0.488. The zero-order valence-electron chi connectivity index (χ0n) is 10.3. The van der Waals surface area contributed by atoms with Crippen molar-refractivity contribution in [3.63, 3.8) is 0 Å². The molecular weight excluding hydrogens is 288 g/mol. The third-order valence-corrected chi connectivity index (χ3v) is 4.07. The van der Waals surface area contributed by atoms with Crippen LogP contribution in [-0.2, 0) is 20.0 Å². The van der Waals surface area contributed by atoms with Crippen molar-refractivity contribution in [3.8, 4) is 5.75 Å². The van der Waals surface area contributed by atoms with Gasteiger partial charge in [-0.1, -0.05) is 30.3 Å². The summed E-state index contributed by atoms with van der Waals surface area (Å²) in [6.07, 6.45) is 1.88. The molecule has 0 aliphatic rings. The van der Waals surface area contributed by atoms with Crippen LogP contribution in [0.2, 0.25) is 0 Å². The van der Waals surface area contributed by atoms with Crippen molar-refractivity contribution in [1.29, 1.82) is 0 Å². The highest BCUT2D eigenvalue weighted by Crippen LogP contribution is 2.33. The topological polar surface area (TPSA) is 77.5 Å². The van der Waals surface area contributed by atoms with Crippen LogP contribution in [0.1, 0.15) is 0 Å². The second-order valence-electron chi connectivity index (χ2n) is 4.17. The molecule has 2 rings (SSSR count). The van der Waals surface area contributed by atoms with Crippen LogP contribution >= 0.6 is 0 Å². The fourth-order valence-electron chi connectivity index (χ4n) is 1.75. The number of benzene rings is 2. The molecule has 0 radical (unpaired) electrons. The van der Waals surface area contributed by atoms with E-state index >= 15 is 0 Å². The third-order valence-electron chi connectivity index (χ3n) is 2.48. The second-order valence-corrected chi connectivity index (χ2v) is 7.73. The number of hydrogen-bond acceptors (Lipinski definition) is 5. The number of hydrogen-bond donors (Lipinski definition) is 0. The van der Waals surface area contributed by atoms with Crippen molar-refractivity contribution in [2.24, 2.45) is 0 Å². The van der Waals surface area contributed by atoms with E-state index in [9.17, 15) is 16.8 Å². The van der Waals surface area contributed by atoms with Gasteiger partial charge in [0.15, 0.2) is 15.6 Å². The van der Waals surface area contributed by atoms with Crippen molar-refractivity contribution in [1.82, 2.24) is 0 Å². The average Bonchev–Trinajstić information content (AvgIpc) is 2.25. The van der Waals surface area contributed by atoms with Crippen LogP contribution in [0.5, 0.6) is 5.75 Å². The minimum atomic E-state index is -3.82. The molecule has 0 fully saturated rings. The van der Waals surface area contributed by atoms with Gasteiger partial charge in [-0.05, 0) is 11.5 Å². The molecule has 5 nitrogen and oxygen atoms in total. The molecule has 2 aromatic carbocycles. The van der Waals surface area contributed by atoms with Crippen LogP contribution in [0.3, 0.4) is 0 Å². The largest absolute Gasteiger partial charge is 0.381 e. The van der Waals surface area contributed by atoms with Crippen molar-refractivity contribution >= 4 is 30.7 Å². The van der Waals surface area contributed by atoms with Crippen molar-refractivity contribution in [3.05, 3.63) is 36.4 Å². The van der Waals surface area contributed by atoms with E-state index in [1.54, 1.807) is 30.3 Å². The van der Waals surface area contributed by atoms with E-state index in [0.29, 0.717) is 10.8 Å². The van der Waals surface area contributed by atoms with E-state index in [1.165, 1.54) is 6.07 Å². The Labute approximate surface area is 111 Å². The Balaban J connectivity index is 2.87. The Hall–Kier alpha value is -1.60. The molecule has 0 saturated heterocycles. The van der Waals surface area contributed by atoms with Gasteiger partial charge in [-0.25, -0.2) is 8.42 Å². The summed E-state index contributed by atoms with van der Waals surface area (Å²) in [6.45, 7) is 0. The smallest absolute Gasteiger partial charge is 0.306 e. The van der Waals surface area contributed by atoms with Crippen molar-refractivity contribution in [2.75, 3.05) is 12.5 Å². The summed E-state index contributed by atoms with van der Waals surface area (Å²) in [5, 5.41) is 1.14. The van der Waals surface area contributed by atoms with E-state index in [1.807, 2.05) is 0 Å². The lowest BCUT2D eigenvalue weighted by Gasteiger charge is -2.11. The highest BCUT2D eigenvalue weighted by molar-refractivity contribution is 7.91. The molecule has 0 aromatic heterocycles. The standard InChI is InChI=1S/C12H12O5S2/c1-18(13,14)11-8-7-9-5-3-4-6-10(9)12(11)17-19(2,15)16/h3-8H,1-2H3. The summed E-state index contributed by atoms with van der Waals surface area (Å²) in [7, 11) is -7.40. The summed E-state index contributed by atoms with van der Waals surface area (Å²) < 4.78 is 50.9. The molecule has 0 saturated carbocycles. The van der Waals surface area contributed by atoms with Crippen LogP contribution in [0.4, 0.5) is 0 Å². The van der Waals surface area contributed by atoms with Crippen LogP contribution in [0.25, 0.3) is 10.8 Å². The zero-order valence-corrected chi connectivity index (χ0v) is 12.0. The molecule has 0 N–H and O–H groups in total. The Morgan fingerprint density at radius 3 is 2.11 bits per heavy atom. The maximum absolute atomic E-state index is 11.7. The fourth-order valence-corrected chi connectivity index (χ4v) is 3.09. The normalized spacial score (nSPS) is 12.5. The molecule has 0 amide bonds. The van der Waals surface area contributed by atoms with E-state index < -0.39 is 20.0 Å². The first-order valence-electron chi connectivity index (χ1n) is 5.30. The van der Waals surface area contributed by atoms with Gasteiger partial charge in [0.25, 0.3) is 0 Å². The van der Waals surface area contributed by atoms with Crippen LogP contribution < -0.4 is 4.18 Å². The van der Waals surface area contributed by atoms with E-state index in [-0.39, 0.29) is 10.6 Å². The van der Waals surface area contributed by atoms with Gasteiger partial charge in [0.2, 0.25) is 0 Å². The third kappa shape index (κ3) is 3.05. The molecule has 7 heteroatoms. The molecule has 102 valence electrons. The summed E-state index contributed by atoms with van der Waals surface area (Å²) in [5.74, 6) is -0.150. The zero-order chi connectivity index (χ0) is 14.3. The first-order valence-corrected chi connectivity index (χ1v) is 9.00. The van der Waals surface area contributed by atoms with E-state index in [0.717, 1.165) is 12.5 Å². The van der Waals surface area contributed by atoms with E-state index in [2.05, 4.69) is 0 Å². The Morgan fingerprint density at radius 2 is 1.53 bits per heavy atom. The van der Waals surface area contributed by atoms with Crippen LogP contribution in [0, 0.1) is 0 Å². The molecule has 0 aliphatic heterocycles. The Morgan fingerprint density at radius 1 is 0.895 bits per heavy atom. The van der Waals surface area contributed by atoms with Gasteiger partial charge in [0, 0.05) is 11.6 Å². The van der Waals surface area contributed by atoms with Gasteiger partial charge in [-0.2, -0.15) is 8.42 Å². The molecule has 0 unspecified atom stereocenters. The maximum atomic E-state index is 11.7. The van der Waals surface area contributed by atoms with Gasteiger partial charge in [0.05, 0.1) is 6.26 Å². The van der Waals surface area contributed by atoms with Gasteiger partial charge in [0.1, 0.15) is 4.90 Å². The van der Waals surface area contributed by atoms with Gasteiger partial charge in [-0.3, -0.25) is 0 Å². The molecule has 0 atom stereocenters. The van der Waals surface area contributed by atoms with Gasteiger partial charge in [-0.15, -0.1) is 0 Å². The molecule has 0 heterocycles. The van der Waals surface area contributed by atoms with Gasteiger partial charge < -0.3 is 4.18 Å². The Kier molecular flexibility index (Phi) is 3.27. The predicted molar refractivity (Wildman–Crippen MR) is 72.5 cm³/mol. The first-order chi connectivity index (χ1) is 8.68. The molecule has 2 aromatic rings. The van der Waals surface area contributed by atoms with Crippen LogP contribution in [0.15, 0.2) is 41.3 Å². The molecule has 19 heavy (non-hydrogen) atoms. The van der Waals surface area contributed by atoms with Gasteiger partial charge >= 0.3 is 10.1 Å². The predicted octanol–water partition coefficient (Wildman–Crippen LogP) is 1.58. The highest BCUT2D eigenvalue weighted by Gasteiger charge is 2.20. The highest BCUT2D eigenvalue weighted by atomic mass is 32.2. The molecular formula is C12H12O5S2. The van der Waals surface area contributed by atoms with Crippen molar-refractivity contribution < 1.29 is 21.0 Å². The number of fused-ring (bicyclic) bond motifs is 1. The lowest BCUT2D eigenvalue weighted by Crippen LogP contribution is -2.10. The quantitative estimate of drug-likeness (QED) is 0.804. The summed E-state index contributed by atoms with van der Waals surface area (Å²) in [4.78, 5) is -0.142. The maximum Gasteiger partial charge on any atom is 0.306 e.